The van der Waals surface area contributed by atoms with Crippen molar-refractivity contribution in [2.45, 2.75) is 77.2 Å². The van der Waals surface area contributed by atoms with Crippen LogP contribution in [0.15, 0.2) is 24.3 Å². The fourth-order valence-electron chi connectivity index (χ4n) is 4.16. The van der Waals surface area contributed by atoms with Crippen LogP contribution in [0, 0.1) is 17.2 Å². The third-order valence-corrected chi connectivity index (χ3v) is 5.53. The van der Waals surface area contributed by atoms with Gasteiger partial charge in [-0.25, -0.2) is 4.98 Å². The molecule has 3 rings (SSSR count). The lowest BCUT2D eigenvalue weighted by molar-refractivity contribution is 0.295. The second-order valence-electron chi connectivity index (χ2n) is 7.23. The largest absolute Gasteiger partial charge is 0.328 e. The lowest BCUT2D eigenvalue weighted by Crippen LogP contribution is -2.17. The van der Waals surface area contributed by atoms with E-state index in [0.29, 0.717) is 12.3 Å². The minimum atomic E-state index is 0.595. The standard InChI is InChI=1S/C21H29N3/c1-2-3-8-17-11-13-18(14-12-17)21-23-19-9-4-5-10-20(19)24(21)16-7-6-15-22/h4-5,9-10,17-18H,2-3,6-8,11-14,16H2,1H3. The van der Waals surface area contributed by atoms with Crippen LogP contribution in [-0.4, -0.2) is 9.55 Å². The van der Waals surface area contributed by atoms with Crippen LogP contribution in [0.3, 0.4) is 0 Å². The van der Waals surface area contributed by atoms with Crippen LogP contribution in [0.5, 0.6) is 0 Å². The molecule has 1 aliphatic carbocycles. The van der Waals surface area contributed by atoms with Crippen molar-refractivity contribution in [1.29, 1.82) is 5.26 Å². The Morgan fingerprint density at radius 1 is 1.17 bits per heavy atom. The molecule has 0 unspecified atom stereocenters. The average Bonchev–Trinajstić information content (AvgIpc) is 2.99. The highest BCUT2D eigenvalue weighted by molar-refractivity contribution is 5.76. The van der Waals surface area contributed by atoms with Crippen LogP contribution < -0.4 is 0 Å². The lowest BCUT2D eigenvalue weighted by atomic mass is 9.79. The monoisotopic (exact) mass is 323 g/mol. The van der Waals surface area contributed by atoms with E-state index in [-0.39, 0.29) is 0 Å². The van der Waals surface area contributed by atoms with Crippen molar-refractivity contribution < 1.29 is 0 Å². The summed E-state index contributed by atoms with van der Waals surface area (Å²) in [6.07, 6.45) is 10.9. The molecule has 0 radical (unpaired) electrons. The van der Waals surface area contributed by atoms with Crippen molar-refractivity contribution in [1.82, 2.24) is 9.55 Å². The Morgan fingerprint density at radius 2 is 1.96 bits per heavy atom. The molecule has 24 heavy (non-hydrogen) atoms. The third kappa shape index (κ3) is 3.80. The minimum Gasteiger partial charge on any atom is -0.328 e. The summed E-state index contributed by atoms with van der Waals surface area (Å²) < 4.78 is 2.39. The molecular weight excluding hydrogens is 294 g/mol. The van der Waals surface area contributed by atoms with E-state index in [0.717, 1.165) is 24.4 Å². The second-order valence-corrected chi connectivity index (χ2v) is 7.23. The number of imidazole rings is 1. The Balaban J connectivity index is 1.76. The first-order valence-corrected chi connectivity index (χ1v) is 9.65. The molecule has 1 aromatic heterocycles. The Labute approximate surface area is 145 Å². The molecule has 1 heterocycles. The van der Waals surface area contributed by atoms with Crippen molar-refractivity contribution in [3.63, 3.8) is 0 Å². The van der Waals surface area contributed by atoms with Crippen LogP contribution in [0.4, 0.5) is 0 Å². The summed E-state index contributed by atoms with van der Waals surface area (Å²) in [6.45, 7) is 3.20. The molecule has 1 aromatic carbocycles. The molecule has 128 valence electrons. The average molecular weight is 323 g/mol. The van der Waals surface area contributed by atoms with Crippen LogP contribution in [0.25, 0.3) is 11.0 Å². The first kappa shape index (κ1) is 17.0. The molecule has 3 nitrogen and oxygen atoms in total. The van der Waals surface area contributed by atoms with Crippen molar-refractivity contribution in [3.8, 4) is 6.07 Å². The molecule has 1 aliphatic rings. The fraction of sp³-hybridized carbons (Fsp3) is 0.619. The summed E-state index contributed by atoms with van der Waals surface area (Å²) in [5, 5.41) is 8.85. The summed E-state index contributed by atoms with van der Waals surface area (Å²) in [5.41, 5.74) is 2.34. The van der Waals surface area contributed by atoms with Crippen molar-refractivity contribution in [2.24, 2.45) is 5.92 Å². The summed E-state index contributed by atoms with van der Waals surface area (Å²) in [7, 11) is 0. The number of hydrogen-bond donors (Lipinski definition) is 0. The molecule has 0 N–H and O–H groups in total. The highest BCUT2D eigenvalue weighted by Crippen LogP contribution is 2.38. The van der Waals surface area contributed by atoms with Gasteiger partial charge in [-0.05, 0) is 50.2 Å². The molecule has 1 saturated carbocycles. The number of benzene rings is 1. The zero-order chi connectivity index (χ0) is 16.8. The Hall–Kier alpha value is -1.82. The van der Waals surface area contributed by atoms with Crippen LogP contribution >= 0.6 is 0 Å². The van der Waals surface area contributed by atoms with Crippen molar-refractivity contribution >= 4 is 11.0 Å². The summed E-state index contributed by atoms with van der Waals surface area (Å²) >= 11 is 0. The van der Waals surface area contributed by atoms with Gasteiger partial charge in [0.2, 0.25) is 0 Å². The molecule has 1 fully saturated rings. The topological polar surface area (TPSA) is 41.6 Å². The van der Waals surface area contributed by atoms with E-state index in [1.54, 1.807) is 0 Å². The van der Waals surface area contributed by atoms with Gasteiger partial charge >= 0.3 is 0 Å². The summed E-state index contributed by atoms with van der Waals surface area (Å²) in [6, 6.07) is 10.7. The number of aryl methyl sites for hydroxylation is 1. The maximum Gasteiger partial charge on any atom is 0.112 e. The van der Waals surface area contributed by atoms with E-state index in [1.165, 1.54) is 56.3 Å². The number of hydrogen-bond acceptors (Lipinski definition) is 2. The summed E-state index contributed by atoms with van der Waals surface area (Å²) in [5.74, 6) is 2.79. The Morgan fingerprint density at radius 3 is 2.71 bits per heavy atom. The highest BCUT2D eigenvalue weighted by Gasteiger charge is 2.26. The van der Waals surface area contributed by atoms with E-state index in [2.05, 4.69) is 41.8 Å². The number of nitriles is 1. The molecule has 0 spiro atoms. The first-order chi connectivity index (χ1) is 11.8. The predicted octanol–water partition coefficient (Wildman–Crippen LogP) is 5.80. The number of rotatable bonds is 7. The molecule has 0 atom stereocenters. The van der Waals surface area contributed by atoms with Gasteiger partial charge in [-0.15, -0.1) is 0 Å². The number of aromatic nitrogens is 2. The zero-order valence-electron chi connectivity index (χ0n) is 14.9. The smallest absolute Gasteiger partial charge is 0.112 e. The first-order valence-electron chi connectivity index (χ1n) is 9.65. The van der Waals surface area contributed by atoms with Crippen LogP contribution in [0.1, 0.15) is 76.5 Å². The molecule has 0 saturated heterocycles. The van der Waals surface area contributed by atoms with Crippen LogP contribution in [-0.2, 0) is 6.54 Å². The number of para-hydroxylation sites is 2. The van der Waals surface area contributed by atoms with Gasteiger partial charge in [-0.1, -0.05) is 38.3 Å². The van der Waals surface area contributed by atoms with Gasteiger partial charge < -0.3 is 4.57 Å². The van der Waals surface area contributed by atoms with Crippen LogP contribution in [0.2, 0.25) is 0 Å². The van der Waals surface area contributed by atoms with Gasteiger partial charge in [-0.2, -0.15) is 5.26 Å². The molecule has 2 aromatic rings. The number of unbranched alkanes of at least 4 members (excludes halogenated alkanes) is 2. The minimum absolute atomic E-state index is 0.595. The van der Waals surface area contributed by atoms with Gasteiger partial charge in [0.25, 0.3) is 0 Å². The fourth-order valence-corrected chi connectivity index (χ4v) is 4.16. The Bertz CT molecular complexity index is 687. The van der Waals surface area contributed by atoms with Gasteiger partial charge in [0.05, 0.1) is 17.1 Å². The SMILES string of the molecule is CCCCC1CCC(c2nc3ccccc3n2CCCC#N)CC1. The van der Waals surface area contributed by atoms with Gasteiger partial charge in [0, 0.05) is 18.9 Å². The molecule has 0 bridgehead atoms. The van der Waals surface area contributed by atoms with Gasteiger partial charge in [0.1, 0.15) is 5.82 Å². The third-order valence-electron chi connectivity index (χ3n) is 5.53. The molecular formula is C21H29N3. The lowest BCUT2D eigenvalue weighted by Gasteiger charge is -2.28. The normalized spacial score (nSPS) is 21.0. The second kappa shape index (κ2) is 8.33. The maximum atomic E-state index is 8.85. The maximum absolute atomic E-state index is 8.85. The van der Waals surface area contributed by atoms with E-state index < -0.39 is 0 Å². The van der Waals surface area contributed by atoms with Gasteiger partial charge in [0.15, 0.2) is 0 Å². The number of fused-ring (bicyclic) bond motifs is 1. The Kier molecular flexibility index (Phi) is 5.91. The van der Waals surface area contributed by atoms with E-state index in [1.807, 2.05) is 0 Å². The predicted molar refractivity (Wildman–Crippen MR) is 98.8 cm³/mol. The molecule has 3 heteroatoms. The van der Waals surface area contributed by atoms with Gasteiger partial charge in [-0.3, -0.25) is 0 Å². The quantitative estimate of drug-likeness (QED) is 0.604. The molecule has 0 aliphatic heterocycles. The highest BCUT2D eigenvalue weighted by atomic mass is 15.1. The zero-order valence-corrected chi connectivity index (χ0v) is 14.9. The molecule has 0 amide bonds. The van der Waals surface area contributed by atoms with E-state index in [9.17, 15) is 0 Å². The number of nitrogens with zero attached hydrogens (tertiary/aromatic N) is 3. The van der Waals surface area contributed by atoms with Crippen molar-refractivity contribution in [2.75, 3.05) is 0 Å². The van der Waals surface area contributed by atoms with E-state index >= 15 is 0 Å². The van der Waals surface area contributed by atoms with Crippen molar-refractivity contribution in [3.05, 3.63) is 30.1 Å². The summed E-state index contributed by atoms with van der Waals surface area (Å²) in [4.78, 5) is 4.98. The van der Waals surface area contributed by atoms with E-state index in [4.69, 9.17) is 10.2 Å².